The van der Waals surface area contributed by atoms with Crippen LogP contribution in [0.5, 0.6) is 0 Å². The highest BCUT2D eigenvalue weighted by Gasteiger charge is 2.28. The molecule has 1 unspecified atom stereocenters. The highest BCUT2D eigenvalue weighted by molar-refractivity contribution is 7.86. The second kappa shape index (κ2) is 5.14. The Hall–Kier alpha value is -0.950. The van der Waals surface area contributed by atoms with Gasteiger partial charge < -0.3 is 0 Å². The first-order chi connectivity index (χ1) is 8.05. The third kappa shape index (κ3) is 3.50. The zero-order valence-electron chi connectivity index (χ0n) is 9.41. The van der Waals surface area contributed by atoms with Gasteiger partial charge in [-0.25, -0.2) is 0 Å². The van der Waals surface area contributed by atoms with Crippen LogP contribution in [0.2, 0.25) is 0 Å². The van der Waals surface area contributed by atoms with Crippen LogP contribution in [0.25, 0.3) is 0 Å². The molecule has 1 aromatic rings. The van der Waals surface area contributed by atoms with Crippen LogP contribution in [0.4, 0.5) is 0 Å². The van der Waals surface area contributed by atoms with Gasteiger partial charge in [-0.15, -0.1) is 0 Å². The van der Waals surface area contributed by atoms with Crippen LogP contribution >= 0.6 is 0 Å². The molecule has 17 heavy (non-hydrogen) atoms. The van der Waals surface area contributed by atoms with Crippen molar-refractivity contribution in [1.82, 2.24) is 10.2 Å². The molecule has 0 radical (unpaired) electrons. The Bertz CT molecular complexity index is 461. The van der Waals surface area contributed by atoms with E-state index in [1.165, 1.54) is 0 Å². The number of benzene rings is 1. The predicted molar refractivity (Wildman–Crippen MR) is 65.1 cm³/mol. The van der Waals surface area contributed by atoms with Crippen LogP contribution in [-0.2, 0) is 16.7 Å². The fourth-order valence-corrected chi connectivity index (χ4v) is 2.69. The summed E-state index contributed by atoms with van der Waals surface area (Å²) in [6.07, 6.45) is 0. The summed E-state index contributed by atoms with van der Waals surface area (Å²) >= 11 is 0. The lowest BCUT2D eigenvalue weighted by Gasteiger charge is -2.31. The van der Waals surface area contributed by atoms with Gasteiger partial charge in [0.15, 0.2) is 0 Å². The van der Waals surface area contributed by atoms with Crippen molar-refractivity contribution in [1.29, 1.82) is 0 Å². The highest BCUT2D eigenvalue weighted by Crippen LogP contribution is 2.09. The Morgan fingerprint density at radius 2 is 2.06 bits per heavy atom. The zero-order valence-corrected chi connectivity index (χ0v) is 10.2. The van der Waals surface area contributed by atoms with Crippen molar-refractivity contribution in [2.45, 2.75) is 11.9 Å². The Morgan fingerprint density at radius 3 is 2.71 bits per heavy atom. The molecule has 5 nitrogen and oxygen atoms in total. The number of nitrogens with one attached hydrogen (secondary N) is 1. The Morgan fingerprint density at radius 1 is 1.35 bits per heavy atom. The third-order valence-electron chi connectivity index (χ3n) is 2.83. The monoisotopic (exact) mass is 256 g/mol. The summed E-state index contributed by atoms with van der Waals surface area (Å²) in [6.45, 7) is 2.36. The standard InChI is InChI=1S/C11H16N2O3S/c14-17(15,16)11-9-13(7-6-12-11)8-10-4-2-1-3-5-10/h1-5,11-12H,6-9H2,(H,14,15,16). The van der Waals surface area contributed by atoms with Crippen molar-refractivity contribution in [3.05, 3.63) is 35.9 Å². The number of hydrogen-bond donors (Lipinski definition) is 2. The van der Waals surface area contributed by atoms with Crippen LogP contribution in [-0.4, -0.2) is 42.9 Å². The molecular weight excluding hydrogens is 240 g/mol. The van der Waals surface area contributed by atoms with E-state index in [4.69, 9.17) is 4.55 Å². The average molecular weight is 256 g/mol. The van der Waals surface area contributed by atoms with Crippen molar-refractivity contribution < 1.29 is 13.0 Å². The molecule has 6 heteroatoms. The van der Waals surface area contributed by atoms with Gasteiger partial charge in [0.05, 0.1) is 0 Å². The maximum atomic E-state index is 11.1. The molecule has 94 valence electrons. The molecule has 2 N–H and O–H groups in total. The molecule has 0 aromatic heterocycles. The zero-order chi connectivity index (χ0) is 12.3. The molecule has 1 saturated heterocycles. The van der Waals surface area contributed by atoms with Crippen LogP contribution in [0.3, 0.4) is 0 Å². The second-order valence-corrected chi connectivity index (χ2v) is 5.78. The summed E-state index contributed by atoms with van der Waals surface area (Å²) in [5.41, 5.74) is 1.14. The Labute approximate surface area is 101 Å². The van der Waals surface area contributed by atoms with Gasteiger partial charge in [-0.1, -0.05) is 30.3 Å². The van der Waals surface area contributed by atoms with Gasteiger partial charge in [0, 0.05) is 26.2 Å². The van der Waals surface area contributed by atoms with Crippen molar-refractivity contribution in [2.75, 3.05) is 19.6 Å². The smallest absolute Gasteiger partial charge is 0.282 e. The molecule has 1 aromatic carbocycles. The minimum Gasteiger partial charge on any atom is -0.297 e. The van der Waals surface area contributed by atoms with Crippen molar-refractivity contribution in [2.24, 2.45) is 0 Å². The quantitative estimate of drug-likeness (QED) is 0.762. The summed E-state index contributed by atoms with van der Waals surface area (Å²) in [6, 6.07) is 9.87. The highest BCUT2D eigenvalue weighted by atomic mass is 32.2. The Balaban J connectivity index is 1.99. The number of piperazine rings is 1. The van der Waals surface area contributed by atoms with E-state index in [0.717, 1.165) is 12.1 Å². The average Bonchev–Trinajstić information content (AvgIpc) is 2.29. The van der Waals surface area contributed by atoms with Crippen LogP contribution in [0.15, 0.2) is 30.3 Å². The molecular formula is C11H16N2O3S. The van der Waals surface area contributed by atoms with E-state index in [1.54, 1.807) is 0 Å². The molecule has 1 atom stereocenters. The molecule has 0 aliphatic carbocycles. The van der Waals surface area contributed by atoms with Gasteiger partial charge in [0.1, 0.15) is 5.37 Å². The van der Waals surface area contributed by atoms with Gasteiger partial charge in [0.2, 0.25) is 0 Å². The molecule has 0 spiro atoms. The topological polar surface area (TPSA) is 69.6 Å². The number of rotatable bonds is 3. The first kappa shape index (κ1) is 12.5. The van der Waals surface area contributed by atoms with E-state index in [2.05, 4.69) is 5.32 Å². The van der Waals surface area contributed by atoms with Crippen molar-refractivity contribution in [3.8, 4) is 0 Å². The van der Waals surface area contributed by atoms with Crippen LogP contribution < -0.4 is 5.32 Å². The molecule has 1 heterocycles. The fraction of sp³-hybridized carbons (Fsp3) is 0.455. The normalized spacial score (nSPS) is 22.5. The number of hydrogen-bond acceptors (Lipinski definition) is 4. The molecule has 0 bridgehead atoms. The first-order valence-corrected chi connectivity index (χ1v) is 7.02. The molecule has 1 aliphatic heterocycles. The van der Waals surface area contributed by atoms with Gasteiger partial charge in [-0.05, 0) is 5.56 Å². The minimum atomic E-state index is -4.00. The second-order valence-electron chi connectivity index (χ2n) is 4.18. The largest absolute Gasteiger partial charge is 0.297 e. The molecule has 1 fully saturated rings. The Kier molecular flexibility index (Phi) is 3.78. The SMILES string of the molecule is O=S(=O)(O)C1CN(Cc2ccccc2)CCN1. The summed E-state index contributed by atoms with van der Waals surface area (Å²) in [4.78, 5) is 2.02. The minimum absolute atomic E-state index is 0.313. The van der Waals surface area contributed by atoms with E-state index in [9.17, 15) is 8.42 Å². The lowest BCUT2D eigenvalue weighted by atomic mass is 10.2. The van der Waals surface area contributed by atoms with E-state index in [-0.39, 0.29) is 0 Å². The summed E-state index contributed by atoms with van der Waals surface area (Å²) in [7, 11) is -4.00. The number of nitrogens with zero attached hydrogens (tertiary/aromatic N) is 1. The van der Waals surface area contributed by atoms with Crippen molar-refractivity contribution in [3.63, 3.8) is 0 Å². The van der Waals surface area contributed by atoms with E-state index < -0.39 is 15.5 Å². The predicted octanol–water partition coefficient (Wildman–Crippen LogP) is 0.306. The summed E-state index contributed by atoms with van der Waals surface area (Å²) in [5.74, 6) is 0. The lowest BCUT2D eigenvalue weighted by Crippen LogP contribution is -2.53. The lowest BCUT2D eigenvalue weighted by molar-refractivity contribution is 0.214. The third-order valence-corrected chi connectivity index (χ3v) is 3.87. The van der Waals surface area contributed by atoms with E-state index in [1.807, 2.05) is 35.2 Å². The maximum Gasteiger partial charge on any atom is 0.282 e. The van der Waals surface area contributed by atoms with Crippen molar-refractivity contribution >= 4 is 10.1 Å². The van der Waals surface area contributed by atoms with E-state index >= 15 is 0 Å². The fourth-order valence-electron chi connectivity index (χ4n) is 1.96. The van der Waals surface area contributed by atoms with Gasteiger partial charge in [0.25, 0.3) is 10.1 Å². The molecule has 0 amide bonds. The maximum absolute atomic E-state index is 11.1. The van der Waals surface area contributed by atoms with Gasteiger partial charge in [-0.2, -0.15) is 8.42 Å². The van der Waals surface area contributed by atoms with E-state index in [0.29, 0.717) is 19.6 Å². The summed E-state index contributed by atoms with van der Waals surface area (Å²) < 4.78 is 31.1. The van der Waals surface area contributed by atoms with Gasteiger partial charge >= 0.3 is 0 Å². The molecule has 0 saturated carbocycles. The first-order valence-electron chi connectivity index (χ1n) is 5.52. The van der Waals surface area contributed by atoms with Crippen LogP contribution in [0, 0.1) is 0 Å². The van der Waals surface area contributed by atoms with Gasteiger partial charge in [-0.3, -0.25) is 14.8 Å². The summed E-state index contributed by atoms with van der Waals surface area (Å²) in [5, 5.41) is 1.92. The molecule has 2 rings (SSSR count). The van der Waals surface area contributed by atoms with Crippen LogP contribution in [0.1, 0.15) is 5.56 Å². The molecule has 1 aliphatic rings.